The zero-order valence-corrected chi connectivity index (χ0v) is 9.07. The van der Waals surface area contributed by atoms with Crippen LogP contribution >= 0.6 is 0 Å². The van der Waals surface area contributed by atoms with Gasteiger partial charge in [0.25, 0.3) is 5.69 Å². The molecule has 1 aromatic rings. The minimum Gasteiger partial charge on any atom is -0.434 e. The number of benzene rings is 1. The Labute approximate surface area is 95.2 Å². The second kappa shape index (κ2) is 4.86. The van der Waals surface area contributed by atoms with Gasteiger partial charge in [-0.15, -0.1) is 0 Å². The first-order chi connectivity index (χ1) is 7.84. The summed E-state index contributed by atoms with van der Waals surface area (Å²) < 4.78 is 28.2. The molecule has 92 valence electrons. The fraction of sp³-hybridized carbons (Fsp3) is 0.300. The minimum atomic E-state index is -3.07. The molecule has 0 aromatic heterocycles. The molecule has 17 heavy (non-hydrogen) atoms. The second-order valence-corrected chi connectivity index (χ2v) is 3.28. The fourth-order valence-electron chi connectivity index (χ4n) is 1.42. The van der Waals surface area contributed by atoms with Crippen LogP contribution < -0.4 is 4.74 Å². The maximum atomic E-state index is 12.0. The molecule has 0 radical (unpaired) electrons. The third-order valence-corrected chi connectivity index (χ3v) is 2.16. The topological polar surface area (TPSA) is 69.4 Å². The average Bonchev–Trinajstić information content (AvgIpc) is 2.19. The highest BCUT2D eigenvalue weighted by atomic mass is 19.3. The first-order valence-corrected chi connectivity index (χ1v) is 4.58. The molecule has 1 rings (SSSR count). The number of ether oxygens (including phenoxy) is 1. The smallest absolute Gasteiger partial charge is 0.387 e. The number of hydrogen-bond acceptors (Lipinski definition) is 4. The molecular formula is C10H9F2NO4. The maximum Gasteiger partial charge on any atom is 0.387 e. The van der Waals surface area contributed by atoms with E-state index in [0.717, 1.165) is 19.1 Å². The minimum absolute atomic E-state index is 0.0944. The van der Waals surface area contributed by atoms with Crippen LogP contribution in [0.5, 0.6) is 5.75 Å². The zero-order valence-electron chi connectivity index (χ0n) is 9.07. The number of nitro benzene ring substituents is 1. The number of rotatable bonds is 4. The lowest BCUT2D eigenvalue weighted by atomic mass is 10.0. The van der Waals surface area contributed by atoms with Crippen molar-refractivity contribution in [1.82, 2.24) is 0 Å². The predicted octanol–water partition coefficient (Wildman–Crippen LogP) is 2.71. The van der Waals surface area contributed by atoms with Gasteiger partial charge in [-0.3, -0.25) is 14.9 Å². The van der Waals surface area contributed by atoms with Crippen molar-refractivity contribution in [3.05, 3.63) is 33.4 Å². The number of Topliss-reactive ketones (excluding diaryl/α,β-unsaturated/α-hetero) is 1. The molecule has 7 heteroatoms. The molecule has 0 fully saturated rings. The Balaban J connectivity index is 3.38. The van der Waals surface area contributed by atoms with Crippen molar-refractivity contribution in [3.63, 3.8) is 0 Å². The Hall–Kier alpha value is -2.05. The molecule has 0 N–H and O–H groups in total. The van der Waals surface area contributed by atoms with E-state index in [0.29, 0.717) is 0 Å². The van der Waals surface area contributed by atoms with E-state index in [1.807, 2.05) is 0 Å². The third-order valence-electron chi connectivity index (χ3n) is 2.16. The first-order valence-electron chi connectivity index (χ1n) is 4.58. The summed E-state index contributed by atoms with van der Waals surface area (Å²) in [6.45, 7) is -0.658. The van der Waals surface area contributed by atoms with Crippen LogP contribution in [0.15, 0.2) is 12.1 Å². The van der Waals surface area contributed by atoms with Crippen LogP contribution in [0.25, 0.3) is 0 Å². The number of ketones is 1. The highest BCUT2D eigenvalue weighted by Gasteiger charge is 2.24. The van der Waals surface area contributed by atoms with Gasteiger partial charge in [-0.2, -0.15) is 8.78 Å². The van der Waals surface area contributed by atoms with E-state index in [9.17, 15) is 23.7 Å². The molecule has 0 unspecified atom stereocenters. The molecule has 0 bridgehead atoms. The Bertz CT molecular complexity index is 474. The average molecular weight is 245 g/mol. The van der Waals surface area contributed by atoms with E-state index in [1.54, 1.807) is 0 Å². The van der Waals surface area contributed by atoms with Gasteiger partial charge in [0.1, 0.15) is 5.75 Å². The molecule has 0 aliphatic heterocycles. The van der Waals surface area contributed by atoms with Gasteiger partial charge in [0.15, 0.2) is 5.78 Å². The highest BCUT2D eigenvalue weighted by Crippen LogP contribution is 2.32. The van der Waals surface area contributed by atoms with Crippen LogP contribution in [0.2, 0.25) is 0 Å². The maximum absolute atomic E-state index is 12.0. The third kappa shape index (κ3) is 2.74. The summed E-state index contributed by atoms with van der Waals surface area (Å²) in [6, 6.07) is 2.22. The summed E-state index contributed by atoms with van der Waals surface area (Å²) in [4.78, 5) is 21.2. The van der Waals surface area contributed by atoms with Crippen LogP contribution in [-0.4, -0.2) is 17.3 Å². The number of halogens is 2. The molecule has 0 spiro atoms. The summed E-state index contributed by atoms with van der Waals surface area (Å²) in [5.74, 6) is -0.819. The van der Waals surface area contributed by atoms with Gasteiger partial charge in [-0.25, -0.2) is 0 Å². The van der Waals surface area contributed by atoms with Crippen LogP contribution in [-0.2, 0) is 0 Å². The lowest BCUT2D eigenvalue weighted by Gasteiger charge is -2.09. The van der Waals surface area contributed by atoms with Gasteiger partial charge >= 0.3 is 6.61 Å². The fourth-order valence-corrected chi connectivity index (χ4v) is 1.42. The van der Waals surface area contributed by atoms with Crippen molar-refractivity contribution in [2.75, 3.05) is 0 Å². The van der Waals surface area contributed by atoms with E-state index in [-0.39, 0.29) is 16.9 Å². The molecule has 0 atom stereocenters. The van der Waals surface area contributed by atoms with Gasteiger partial charge in [0, 0.05) is 0 Å². The standard InChI is InChI=1S/C10H9F2NO4/c1-5-8(17-10(11)12)4-3-7(6(2)14)9(5)13(15)16/h3-4,10H,1-2H3. The summed E-state index contributed by atoms with van der Waals surface area (Å²) in [6.07, 6.45) is 0. The van der Waals surface area contributed by atoms with E-state index >= 15 is 0 Å². The number of hydrogen-bond donors (Lipinski definition) is 0. The summed E-state index contributed by atoms with van der Waals surface area (Å²) in [5.41, 5.74) is -0.729. The van der Waals surface area contributed by atoms with E-state index in [2.05, 4.69) is 4.74 Å². The number of carbonyl (C=O) groups excluding carboxylic acids is 1. The molecule has 0 amide bonds. The Kier molecular flexibility index (Phi) is 3.72. The largest absolute Gasteiger partial charge is 0.434 e. The van der Waals surface area contributed by atoms with Gasteiger partial charge < -0.3 is 4.74 Å². The van der Waals surface area contributed by atoms with Gasteiger partial charge in [-0.05, 0) is 26.0 Å². The summed E-state index contributed by atoms with van der Waals surface area (Å²) >= 11 is 0. The van der Waals surface area contributed by atoms with Crippen molar-refractivity contribution in [3.8, 4) is 5.75 Å². The number of nitro groups is 1. The zero-order chi connectivity index (χ0) is 13.2. The molecule has 0 aliphatic carbocycles. The van der Waals surface area contributed by atoms with E-state index in [1.165, 1.54) is 6.92 Å². The summed E-state index contributed by atoms with van der Waals surface area (Å²) in [7, 11) is 0. The monoisotopic (exact) mass is 245 g/mol. The molecule has 0 saturated heterocycles. The quantitative estimate of drug-likeness (QED) is 0.464. The SMILES string of the molecule is CC(=O)c1ccc(OC(F)F)c(C)c1[N+](=O)[O-]. The molecule has 0 heterocycles. The van der Waals surface area contributed by atoms with Crippen LogP contribution in [0.1, 0.15) is 22.8 Å². The molecule has 0 saturated carbocycles. The van der Waals surface area contributed by atoms with E-state index in [4.69, 9.17) is 0 Å². The first kappa shape index (κ1) is 13.0. The summed E-state index contributed by atoms with van der Waals surface area (Å²) in [5, 5.41) is 10.8. The van der Waals surface area contributed by atoms with Crippen LogP contribution in [0.4, 0.5) is 14.5 Å². The Morgan fingerprint density at radius 1 is 1.47 bits per heavy atom. The van der Waals surface area contributed by atoms with Crippen molar-refractivity contribution in [2.45, 2.75) is 20.5 Å². The van der Waals surface area contributed by atoms with Crippen LogP contribution in [0, 0.1) is 17.0 Å². The lowest BCUT2D eigenvalue weighted by Crippen LogP contribution is -2.07. The predicted molar refractivity (Wildman–Crippen MR) is 54.5 cm³/mol. The number of carbonyl (C=O) groups is 1. The number of alkyl halides is 2. The molecule has 1 aromatic carbocycles. The van der Waals surface area contributed by atoms with Crippen LogP contribution in [0.3, 0.4) is 0 Å². The lowest BCUT2D eigenvalue weighted by molar-refractivity contribution is -0.385. The molecular weight excluding hydrogens is 236 g/mol. The van der Waals surface area contributed by atoms with Gasteiger partial charge in [-0.1, -0.05) is 0 Å². The Morgan fingerprint density at radius 2 is 2.06 bits per heavy atom. The van der Waals surface area contributed by atoms with Crippen molar-refractivity contribution in [2.24, 2.45) is 0 Å². The normalized spacial score (nSPS) is 10.4. The molecule has 5 nitrogen and oxygen atoms in total. The van der Waals surface area contributed by atoms with Gasteiger partial charge in [0.05, 0.1) is 16.1 Å². The highest BCUT2D eigenvalue weighted by molar-refractivity contribution is 5.98. The van der Waals surface area contributed by atoms with Crippen molar-refractivity contribution in [1.29, 1.82) is 0 Å². The van der Waals surface area contributed by atoms with Crippen molar-refractivity contribution < 1.29 is 23.2 Å². The van der Waals surface area contributed by atoms with E-state index < -0.39 is 23.0 Å². The van der Waals surface area contributed by atoms with Gasteiger partial charge in [0.2, 0.25) is 0 Å². The number of nitrogens with zero attached hydrogens (tertiary/aromatic N) is 1. The molecule has 0 aliphatic rings. The Morgan fingerprint density at radius 3 is 2.47 bits per heavy atom. The second-order valence-electron chi connectivity index (χ2n) is 3.28. The van der Waals surface area contributed by atoms with Crippen molar-refractivity contribution >= 4 is 11.5 Å².